The minimum atomic E-state index is 0.542. The lowest BCUT2D eigenvalue weighted by molar-refractivity contribution is 0.169. The van der Waals surface area contributed by atoms with Crippen molar-refractivity contribution < 1.29 is 9.47 Å². The Balaban J connectivity index is 2.01. The molecule has 1 atom stereocenters. The van der Waals surface area contributed by atoms with Gasteiger partial charge in [0.1, 0.15) is 13.2 Å². The fraction of sp³-hybridized carbons (Fsp3) is 0.571. The van der Waals surface area contributed by atoms with Crippen molar-refractivity contribution in [3.05, 3.63) is 23.8 Å². The van der Waals surface area contributed by atoms with Gasteiger partial charge in [0.2, 0.25) is 0 Å². The minimum Gasteiger partial charge on any atom is -0.486 e. The van der Waals surface area contributed by atoms with Gasteiger partial charge in [-0.05, 0) is 19.4 Å². The van der Waals surface area contributed by atoms with E-state index >= 15 is 0 Å². The normalized spacial score (nSPS) is 15.6. The lowest BCUT2D eigenvalue weighted by atomic mass is 10.1. The van der Waals surface area contributed by atoms with E-state index in [0.717, 1.165) is 18.0 Å². The molecule has 1 aromatic carbocycles. The number of hydrogen-bond acceptors (Lipinski definition) is 3. The van der Waals surface area contributed by atoms with Gasteiger partial charge in [0, 0.05) is 18.2 Å². The second kappa shape index (κ2) is 5.92. The van der Waals surface area contributed by atoms with Gasteiger partial charge in [0.05, 0.1) is 0 Å². The van der Waals surface area contributed by atoms with Crippen molar-refractivity contribution in [3.63, 3.8) is 0 Å². The van der Waals surface area contributed by atoms with Gasteiger partial charge < -0.3 is 14.8 Å². The molecular weight excluding hydrogens is 214 g/mol. The Morgan fingerprint density at radius 1 is 1.29 bits per heavy atom. The third-order valence-electron chi connectivity index (χ3n) is 3.01. The first kappa shape index (κ1) is 12.2. The number of ether oxygens (including phenoxy) is 2. The molecule has 3 nitrogen and oxygen atoms in total. The second-order valence-electron chi connectivity index (χ2n) is 4.51. The van der Waals surface area contributed by atoms with E-state index in [1.165, 1.54) is 18.4 Å². The van der Waals surface area contributed by atoms with E-state index in [9.17, 15) is 0 Å². The van der Waals surface area contributed by atoms with Crippen molar-refractivity contribution in [2.45, 2.75) is 39.3 Å². The number of fused-ring (bicyclic) bond motifs is 1. The summed E-state index contributed by atoms with van der Waals surface area (Å²) in [6.45, 7) is 6.56. The molecule has 0 amide bonds. The van der Waals surface area contributed by atoms with Crippen LogP contribution >= 0.6 is 0 Å². The minimum absolute atomic E-state index is 0.542. The topological polar surface area (TPSA) is 30.5 Å². The lowest BCUT2D eigenvalue weighted by Crippen LogP contribution is -2.26. The quantitative estimate of drug-likeness (QED) is 0.851. The Morgan fingerprint density at radius 3 is 2.94 bits per heavy atom. The Labute approximate surface area is 103 Å². The average molecular weight is 235 g/mol. The molecule has 1 unspecified atom stereocenters. The average Bonchev–Trinajstić information content (AvgIpc) is 2.36. The van der Waals surface area contributed by atoms with Crippen molar-refractivity contribution in [2.75, 3.05) is 13.2 Å². The molecular formula is C14H21NO2. The maximum atomic E-state index is 5.68. The molecule has 2 rings (SSSR count). The summed E-state index contributed by atoms with van der Waals surface area (Å²) in [5.41, 5.74) is 1.19. The summed E-state index contributed by atoms with van der Waals surface area (Å²) in [7, 11) is 0. The van der Waals surface area contributed by atoms with Crippen LogP contribution in [0.4, 0.5) is 0 Å². The van der Waals surface area contributed by atoms with Gasteiger partial charge in [0.15, 0.2) is 11.5 Å². The second-order valence-corrected chi connectivity index (χ2v) is 4.51. The summed E-state index contributed by atoms with van der Waals surface area (Å²) < 4.78 is 11.2. The molecule has 1 aliphatic rings. The Morgan fingerprint density at radius 2 is 2.12 bits per heavy atom. The lowest BCUT2D eigenvalue weighted by Gasteiger charge is -2.22. The molecule has 1 aliphatic heterocycles. The first-order valence-corrected chi connectivity index (χ1v) is 6.42. The molecule has 0 spiro atoms. The van der Waals surface area contributed by atoms with Crippen molar-refractivity contribution in [1.82, 2.24) is 5.32 Å². The smallest absolute Gasteiger partial charge is 0.165 e. The van der Waals surface area contributed by atoms with Crippen LogP contribution in [0.3, 0.4) is 0 Å². The van der Waals surface area contributed by atoms with E-state index in [0.29, 0.717) is 19.3 Å². The molecule has 17 heavy (non-hydrogen) atoms. The molecule has 3 heteroatoms. The Kier molecular flexibility index (Phi) is 4.26. The van der Waals surface area contributed by atoms with Gasteiger partial charge in [-0.15, -0.1) is 0 Å². The highest BCUT2D eigenvalue weighted by Gasteiger charge is 2.15. The summed E-state index contributed by atoms with van der Waals surface area (Å²) in [6, 6.07) is 6.63. The van der Waals surface area contributed by atoms with Crippen LogP contribution in [0.1, 0.15) is 32.3 Å². The van der Waals surface area contributed by atoms with Crippen LogP contribution in [-0.4, -0.2) is 19.3 Å². The standard InChI is InChI=1S/C14H21NO2/c1-3-5-11(2)15-10-12-6-4-7-13-14(12)17-9-8-16-13/h4,6-7,11,15H,3,5,8-10H2,1-2H3. The molecule has 1 heterocycles. The zero-order valence-corrected chi connectivity index (χ0v) is 10.7. The third kappa shape index (κ3) is 3.13. The molecule has 0 aliphatic carbocycles. The van der Waals surface area contributed by atoms with Crippen LogP contribution in [0.2, 0.25) is 0 Å². The molecule has 1 N–H and O–H groups in total. The maximum Gasteiger partial charge on any atom is 0.165 e. The van der Waals surface area contributed by atoms with E-state index in [2.05, 4.69) is 25.2 Å². The highest BCUT2D eigenvalue weighted by molar-refractivity contribution is 5.47. The number of nitrogens with one attached hydrogen (secondary N) is 1. The first-order valence-electron chi connectivity index (χ1n) is 6.42. The first-order chi connectivity index (χ1) is 8.31. The van der Waals surface area contributed by atoms with E-state index in [1.807, 2.05) is 12.1 Å². The van der Waals surface area contributed by atoms with Gasteiger partial charge in [-0.2, -0.15) is 0 Å². The van der Waals surface area contributed by atoms with Crippen LogP contribution in [0, 0.1) is 0 Å². The van der Waals surface area contributed by atoms with Crippen LogP contribution in [0.25, 0.3) is 0 Å². The summed E-state index contributed by atoms with van der Waals surface area (Å²) in [5, 5.41) is 3.51. The molecule has 94 valence electrons. The zero-order chi connectivity index (χ0) is 12.1. The molecule has 0 radical (unpaired) electrons. The van der Waals surface area contributed by atoms with Crippen LogP contribution in [-0.2, 0) is 6.54 Å². The molecule has 0 bridgehead atoms. The van der Waals surface area contributed by atoms with Crippen LogP contribution < -0.4 is 14.8 Å². The molecule has 1 aromatic rings. The van der Waals surface area contributed by atoms with E-state index in [-0.39, 0.29) is 0 Å². The van der Waals surface area contributed by atoms with Gasteiger partial charge in [-0.1, -0.05) is 25.5 Å². The summed E-state index contributed by atoms with van der Waals surface area (Å²) in [5.74, 6) is 1.79. The molecule has 0 saturated carbocycles. The Hall–Kier alpha value is -1.22. The number of para-hydroxylation sites is 1. The molecule has 0 aromatic heterocycles. The predicted molar refractivity (Wildman–Crippen MR) is 68.6 cm³/mol. The van der Waals surface area contributed by atoms with E-state index < -0.39 is 0 Å². The summed E-state index contributed by atoms with van der Waals surface area (Å²) in [6.07, 6.45) is 2.41. The predicted octanol–water partition coefficient (Wildman–Crippen LogP) is 2.74. The van der Waals surface area contributed by atoms with Crippen molar-refractivity contribution >= 4 is 0 Å². The van der Waals surface area contributed by atoms with Gasteiger partial charge in [0.25, 0.3) is 0 Å². The van der Waals surface area contributed by atoms with E-state index in [1.54, 1.807) is 0 Å². The monoisotopic (exact) mass is 235 g/mol. The van der Waals surface area contributed by atoms with Crippen molar-refractivity contribution in [1.29, 1.82) is 0 Å². The number of rotatable bonds is 5. The van der Waals surface area contributed by atoms with Crippen molar-refractivity contribution in [3.8, 4) is 11.5 Å². The fourth-order valence-corrected chi connectivity index (χ4v) is 2.09. The fourth-order valence-electron chi connectivity index (χ4n) is 2.09. The largest absolute Gasteiger partial charge is 0.486 e. The van der Waals surface area contributed by atoms with Gasteiger partial charge >= 0.3 is 0 Å². The van der Waals surface area contributed by atoms with Gasteiger partial charge in [-0.3, -0.25) is 0 Å². The maximum absolute atomic E-state index is 5.68. The number of hydrogen-bond donors (Lipinski definition) is 1. The SMILES string of the molecule is CCCC(C)NCc1cccc2c1OCCO2. The Bertz CT molecular complexity index is 365. The molecule has 0 saturated heterocycles. The highest BCUT2D eigenvalue weighted by Crippen LogP contribution is 2.33. The third-order valence-corrected chi connectivity index (χ3v) is 3.01. The number of benzene rings is 1. The van der Waals surface area contributed by atoms with Crippen molar-refractivity contribution in [2.24, 2.45) is 0 Å². The zero-order valence-electron chi connectivity index (χ0n) is 10.7. The van der Waals surface area contributed by atoms with Crippen LogP contribution in [0.15, 0.2) is 18.2 Å². The summed E-state index contributed by atoms with van der Waals surface area (Å²) in [4.78, 5) is 0. The molecule has 0 fully saturated rings. The van der Waals surface area contributed by atoms with Gasteiger partial charge in [-0.25, -0.2) is 0 Å². The highest BCUT2D eigenvalue weighted by atomic mass is 16.6. The summed E-state index contributed by atoms with van der Waals surface area (Å²) >= 11 is 0. The van der Waals surface area contributed by atoms with Crippen LogP contribution in [0.5, 0.6) is 11.5 Å². The van der Waals surface area contributed by atoms with E-state index in [4.69, 9.17) is 9.47 Å².